The highest BCUT2D eigenvalue weighted by Gasteiger charge is 2.18. The van der Waals surface area contributed by atoms with Gasteiger partial charge in [0.15, 0.2) is 0 Å². The minimum atomic E-state index is -0.464. The van der Waals surface area contributed by atoms with Crippen molar-refractivity contribution in [3.8, 4) is 0 Å². The highest BCUT2D eigenvalue weighted by Crippen LogP contribution is 1.88. The van der Waals surface area contributed by atoms with E-state index in [-0.39, 0.29) is 12.6 Å². The van der Waals surface area contributed by atoms with Crippen LogP contribution in [0.3, 0.4) is 0 Å². The zero-order chi connectivity index (χ0) is 19.7. The number of rotatable bonds is 2. The van der Waals surface area contributed by atoms with Gasteiger partial charge in [-0.15, -0.1) is 0 Å². The van der Waals surface area contributed by atoms with E-state index in [1.807, 2.05) is 38.0 Å². The van der Waals surface area contributed by atoms with Crippen LogP contribution in [-0.4, -0.2) is 99.8 Å². The number of nitrogens with one attached hydrogen (secondary N) is 6. The van der Waals surface area contributed by atoms with Crippen LogP contribution in [0.5, 0.6) is 0 Å². The van der Waals surface area contributed by atoms with Gasteiger partial charge in [-0.25, -0.2) is 10.0 Å². The first kappa shape index (κ1) is 23.5. The number of hydrogen-bond donors (Lipinski definition) is 10. The molecule has 0 bridgehead atoms. The van der Waals surface area contributed by atoms with Crippen molar-refractivity contribution in [1.82, 2.24) is 51.7 Å². The van der Waals surface area contributed by atoms with Crippen molar-refractivity contribution in [3.63, 3.8) is 0 Å². The van der Waals surface area contributed by atoms with Gasteiger partial charge in [-0.2, -0.15) is 0 Å². The molecule has 1 saturated heterocycles. The van der Waals surface area contributed by atoms with Gasteiger partial charge in [-0.3, -0.25) is 53.4 Å². The molecule has 0 spiro atoms. The van der Waals surface area contributed by atoms with Gasteiger partial charge in [0.1, 0.15) is 25.2 Å². The maximum absolute atomic E-state index is 6.07. The summed E-state index contributed by atoms with van der Waals surface area (Å²) in [5.41, 5.74) is 12.1. The Morgan fingerprint density at radius 2 is 0.962 bits per heavy atom. The molecule has 0 amide bonds. The molecule has 26 heavy (non-hydrogen) atoms. The Bertz CT molecular complexity index is 334. The zero-order valence-corrected chi connectivity index (χ0v) is 16.2. The molecule has 1 aliphatic heterocycles. The average Bonchev–Trinajstić information content (AvgIpc) is 2.57. The third-order valence-electron chi connectivity index (χ3n) is 3.71. The molecule has 14 heteroatoms. The minimum absolute atomic E-state index is 0.189. The second-order valence-electron chi connectivity index (χ2n) is 6.65. The Labute approximate surface area is 155 Å². The van der Waals surface area contributed by atoms with Gasteiger partial charge in [-0.05, 0) is 28.2 Å². The molecule has 4 atom stereocenters. The summed E-state index contributed by atoms with van der Waals surface area (Å²) in [5.74, 6) is 12.0. The Kier molecular flexibility index (Phi) is 10.8. The van der Waals surface area contributed by atoms with Crippen LogP contribution in [0.15, 0.2) is 0 Å². The highest BCUT2D eigenvalue weighted by atomic mass is 15.6. The van der Waals surface area contributed by atoms with Gasteiger partial charge in [0.05, 0.1) is 26.7 Å². The maximum atomic E-state index is 6.07. The molecule has 1 rings (SSSR count). The molecule has 0 saturated carbocycles. The summed E-state index contributed by atoms with van der Waals surface area (Å²) in [7, 11) is 7.70. The van der Waals surface area contributed by atoms with Gasteiger partial charge in [0.2, 0.25) is 0 Å². The smallest absolute Gasteiger partial charge is 0.117 e. The highest BCUT2D eigenvalue weighted by molar-refractivity contribution is 4.68. The Morgan fingerprint density at radius 1 is 0.654 bits per heavy atom. The lowest BCUT2D eigenvalue weighted by Gasteiger charge is -2.34. The van der Waals surface area contributed by atoms with Crippen molar-refractivity contribution < 1.29 is 0 Å². The summed E-state index contributed by atoms with van der Waals surface area (Å²) < 4.78 is 0. The van der Waals surface area contributed by atoms with Crippen LogP contribution < -0.4 is 55.1 Å². The lowest BCUT2D eigenvalue weighted by atomic mass is 10.6. The van der Waals surface area contributed by atoms with E-state index in [1.54, 1.807) is 10.0 Å². The molecular formula is C12H38N14. The normalized spacial score (nSPS) is 33.0. The van der Waals surface area contributed by atoms with Crippen molar-refractivity contribution in [2.24, 2.45) is 23.2 Å². The summed E-state index contributed by atoms with van der Waals surface area (Å²) in [4.78, 5) is 3.89. The molecule has 0 aromatic carbocycles. The first-order chi connectivity index (χ1) is 12.2. The third kappa shape index (κ3) is 9.40. The molecule has 14 nitrogen and oxygen atoms in total. The number of nitrogens with zero attached hydrogens (tertiary/aromatic N) is 4. The van der Waals surface area contributed by atoms with Crippen LogP contribution >= 0.6 is 0 Å². The van der Waals surface area contributed by atoms with E-state index in [9.17, 15) is 0 Å². The standard InChI is InChI=1S/C12H38N14/c1-23(2)11-19-7-25(15)6-18-10(14)22-12(24(3)4)20-8-26(16)5-17-9(13)21-11/h9-12,17-22H,5-8,13-16H2,1-4H3. The van der Waals surface area contributed by atoms with Gasteiger partial charge in [0, 0.05) is 0 Å². The predicted octanol–water partition coefficient (Wildman–Crippen LogP) is -6.11. The molecule has 0 aromatic heterocycles. The third-order valence-corrected chi connectivity index (χ3v) is 3.71. The Hall–Kier alpha value is -0.560. The van der Waals surface area contributed by atoms with E-state index in [1.165, 1.54) is 0 Å². The van der Waals surface area contributed by atoms with E-state index in [0.717, 1.165) is 0 Å². The van der Waals surface area contributed by atoms with E-state index in [4.69, 9.17) is 23.2 Å². The SMILES string of the molecule is CN(C)C1NCN(N)CNC(N)NC(N(C)C)NCN(N)CNC(N)N1. The summed E-state index contributed by atoms with van der Waals surface area (Å²) in [6, 6.07) is 0. The molecule has 1 fully saturated rings. The lowest BCUT2D eigenvalue weighted by molar-refractivity contribution is 0.101. The van der Waals surface area contributed by atoms with Gasteiger partial charge < -0.3 is 11.5 Å². The minimum Gasteiger partial charge on any atom is -0.303 e. The van der Waals surface area contributed by atoms with Gasteiger partial charge in [-0.1, -0.05) is 0 Å². The average molecular weight is 379 g/mol. The van der Waals surface area contributed by atoms with Crippen LogP contribution in [0, 0.1) is 0 Å². The number of nitrogens with two attached hydrogens (primary N) is 4. The fourth-order valence-electron chi connectivity index (χ4n) is 2.19. The van der Waals surface area contributed by atoms with Crippen LogP contribution in [-0.2, 0) is 0 Å². The molecule has 14 N–H and O–H groups in total. The first-order valence-electron chi connectivity index (χ1n) is 8.48. The second-order valence-corrected chi connectivity index (χ2v) is 6.65. The summed E-state index contributed by atoms with van der Waals surface area (Å²) in [6.07, 6.45) is -1.31. The fraction of sp³-hybridized carbons (Fsp3) is 1.00. The van der Waals surface area contributed by atoms with Gasteiger partial charge >= 0.3 is 0 Å². The van der Waals surface area contributed by atoms with Crippen molar-refractivity contribution in [2.75, 3.05) is 54.9 Å². The lowest BCUT2D eigenvalue weighted by Crippen LogP contribution is -2.67. The van der Waals surface area contributed by atoms with Crippen LogP contribution in [0.2, 0.25) is 0 Å². The van der Waals surface area contributed by atoms with Crippen molar-refractivity contribution in [1.29, 1.82) is 0 Å². The van der Waals surface area contributed by atoms with Crippen LogP contribution in [0.25, 0.3) is 0 Å². The van der Waals surface area contributed by atoms with Crippen molar-refractivity contribution in [3.05, 3.63) is 0 Å². The van der Waals surface area contributed by atoms with Crippen molar-refractivity contribution >= 4 is 0 Å². The summed E-state index contributed by atoms with van der Waals surface area (Å²) in [6.45, 7) is 1.60. The molecule has 0 radical (unpaired) electrons. The molecular weight excluding hydrogens is 340 g/mol. The fourth-order valence-corrected chi connectivity index (χ4v) is 2.19. The Balaban J connectivity index is 2.72. The monoisotopic (exact) mass is 378 g/mol. The molecule has 156 valence electrons. The zero-order valence-electron chi connectivity index (χ0n) is 16.2. The second kappa shape index (κ2) is 12.0. The van der Waals surface area contributed by atoms with E-state index < -0.39 is 12.6 Å². The molecule has 0 aliphatic carbocycles. The van der Waals surface area contributed by atoms with E-state index in [0.29, 0.717) is 26.7 Å². The number of hydrogen-bond acceptors (Lipinski definition) is 14. The summed E-state index contributed by atoms with van der Waals surface area (Å²) >= 11 is 0. The van der Waals surface area contributed by atoms with Gasteiger partial charge in [0.25, 0.3) is 0 Å². The predicted molar refractivity (Wildman–Crippen MR) is 101 cm³/mol. The van der Waals surface area contributed by atoms with E-state index in [2.05, 4.69) is 31.9 Å². The van der Waals surface area contributed by atoms with Crippen LogP contribution in [0.1, 0.15) is 0 Å². The quantitative estimate of drug-likeness (QED) is 0.204. The van der Waals surface area contributed by atoms with Crippen LogP contribution in [0.4, 0.5) is 0 Å². The Morgan fingerprint density at radius 3 is 1.27 bits per heavy atom. The largest absolute Gasteiger partial charge is 0.303 e. The van der Waals surface area contributed by atoms with Crippen molar-refractivity contribution in [2.45, 2.75) is 25.2 Å². The maximum Gasteiger partial charge on any atom is 0.117 e. The topological polar surface area (TPSA) is 189 Å². The molecule has 0 aromatic rings. The first-order valence-corrected chi connectivity index (χ1v) is 8.48. The molecule has 1 heterocycles. The molecule has 4 unspecified atom stereocenters. The molecule has 1 aliphatic rings. The van der Waals surface area contributed by atoms with E-state index >= 15 is 0 Å². The number of hydrazine groups is 2. The summed E-state index contributed by atoms with van der Waals surface area (Å²) in [5, 5.41) is 22.3.